The molecule has 0 saturated carbocycles. The first-order chi connectivity index (χ1) is 7.68. The van der Waals surface area contributed by atoms with Gasteiger partial charge in [0.2, 0.25) is 0 Å². The summed E-state index contributed by atoms with van der Waals surface area (Å²) in [5.74, 6) is 0.213. The van der Waals surface area contributed by atoms with E-state index in [9.17, 15) is 13.2 Å². The highest BCUT2D eigenvalue weighted by Gasteiger charge is 2.38. The highest BCUT2D eigenvalue weighted by atomic mass is 19.4. The molecule has 0 N–H and O–H groups in total. The Morgan fingerprint density at radius 1 is 1.18 bits per heavy atom. The zero-order valence-corrected chi connectivity index (χ0v) is 10.6. The van der Waals surface area contributed by atoms with Crippen LogP contribution in [-0.4, -0.2) is 12.3 Å². The maximum atomic E-state index is 12.4. The second kappa shape index (κ2) is 6.52. The number of rotatable bonds is 5. The molecule has 0 aromatic heterocycles. The average molecular weight is 248 g/mol. The molecule has 0 amide bonds. The van der Waals surface area contributed by atoms with E-state index in [-0.39, 0.29) is 5.92 Å². The molecule has 0 aliphatic rings. The Labute approximate surface area is 101 Å². The van der Waals surface area contributed by atoms with Gasteiger partial charge < -0.3 is 4.74 Å². The third-order valence-electron chi connectivity index (χ3n) is 2.18. The van der Waals surface area contributed by atoms with Gasteiger partial charge in [-0.05, 0) is 19.9 Å². The average Bonchev–Trinajstić information content (AvgIpc) is 2.21. The fourth-order valence-electron chi connectivity index (χ4n) is 0.920. The molecule has 98 valence electrons. The lowest BCUT2D eigenvalue weighted by molar-refractivity contribution is -0.205. The normalized spacial score (nSPS) is 16.0. The van der Waals surface area contributed by atoms with Gasteiger partial charge >= 0.3 is 6.18 Å². The predicted molar refractivity (Wildman–Crippen MR) is 63.5 cm³/mol. The molecule has 0 rings (SSSR count). The van der Waals surface area contributed by atoms with Crippen LogP contribution < -0.4 is 0 Å². The zero-order valence-electron chi connectivity index (χ0n) is 10.6. The Morgan fingerprint density at radius 2 is 1.71 bits per heavy atom. The van der Waals surface area contributed by atoms with E-state index in [1.807, 2.05) is 6.92 Å². The van der Waals surface area contributed by atoms with E-state index >= 15 is 0 Å². The van der Waals surface area contributed by atoms with Crippen molar-refractivity contribution in [2.24, 2.45) is 5.92 Å². The Balaban J connectivity index is 4.84. The van der Waals surface area contributed by atoms with Crippen LogP contribution in [-0.2, 0) is 4.74 Å². The number of ether oxygens (including phenoxy) is 1. The highest BCUT2D eigenvalue weighted by Crippen LogP contribution is 2.26. The van der Waals surface area contributed by atoms with Crippen molar-refractivity contribution in [2.75, 3.05) is 0 Å². The van der Waals surface area contributed by atoms with E-state index in [0.29, 0.717) is 5.76 Å². The Morgan fingerprint density at radius 3 is 2.06 bits per heavy atom. The van der Waals surface area contributed by atoms with Crippen molar-refractivity contribution >= 4 is 0 Å². The van der Waals surface area contributed by atoms with E-state index in [2.05, 4.69) is 6.58 Å². The van der Waals surface area contributed by atoms with Crippen LogP contribution >= 0.6 is 0 Å². The van der Waals surface area contributed by atoms with Crippen molar-refractivity contribution in [1.29, 1.82) is 0 Å². The summed E-state index contributed by atoms with van der Waals surface area (Å²) in [4.78, 5) is 0. The molecule has 0 spiro atoms. The maximum Gasteiger partial charge on any atom is 0.425 e. The quantitative estimate of drug-likeness (QED) is 0.509. The summed E-state index contributed by atoms with van der Waals surface area (Å²) in [7, 11) is 0. The summed E-state index contributed by atoms with van der Waals surface area (Å²) < 4.78 is 42.0. The minimum Gasteiger partial charge on any atom is -0.485 e. The number of halogens is 3. The molecular formula is C13H19F3O. The van der Waals surface area contributed by atoms with Crippen LogP contribution in [0.3, 0.4) is 0 Å². The first-order valence-electron chi connectivity index (χ1n) is 5.42. The molecule has 0 saturated heterocycles. The lowest BCUT2D eigenvalue weighted by Gasteiger charge is -2.21. The van der Waals surface area contributed by atoms with E-state index in [1.54, 1.807) is 32.1 Å². The third kappa shape index (κ3) is 6.19. The molecule has 0 aliphatic heterocycles. The summed E-state index contributed by atoms with van der Waals surface area (Å²) in [6.07, 6.45) is -1.27. The predicted octanol–water partition coefficient (Wildman–Crippen LogP) is 4.63. The van der Waals surface area contributed by atoms with Crippen molar-refractivity contribution in [1.82, 2.24) is 0 Å². The molecular weight excluding hydrogens is 229 g/mol. The van der Waals surface area contributed by atoms with Gasteiger partial charge in [-0.15, -0.1) is 0 Å². The van der Waals surface area contributed by atoms with Gasteiger partial charge in [0.1, 0.15) is 0 Å². The minimum atomic E-state index is -4.34. The number of hydrogen-bond donors (Lipinski definition) is 0. The summed E-state index contributed by atoms with van der Waals surface area (Å²) >= 11 is 0. The van der Waals surface area contributed by atoms with Crippen LogP contribution in [0.15, 0.2) is 36.1 Å². The molecule has 0 heterocycles. The Bertz CT molecular complexity index is 311. The molecule has 1 nitrogen and oxygen atoms in total. The van der Waals surface area contributed by atoms with E-state index in [1.165, 1.54) is 0 Å². The first kappa shape index (κ1) is 15.8. The van der Waals surface area contributed by atoms with Gasteiger partial charge in [-0.2, -0.15) is 13.2 Å². The standard InChI is InChI=1S/C13H19F3O/c1-6-10(4)7-8-12(9(2)3)17-11(5)13(14,15)16/h6-9,11H,1H2,2-5H3/b10-7-,12-8+/t11-/m1/s1. The monoisotopic (exact) mass is 248 g/mol. The Kier molecular flexibility index (Phi) is 6.07. The zero-order chi connectivity index (χ0) is 13.6. The molecule has 0 aromatic rings. The van der Waals surface area contributed by atoms with Gasteiger partial charge in [0, 0.05) is 5.92 Å². The number of hydrogen-bond acceptors (Lipinski definition) is 1. The van der Waals surface area contributed by atoms with E-state index in [0.717, 1.165) is 12.5 Å². The van der Waals surface area contributed by atoms with Gasteiger partial charge in [-0.1, -0.05) is 38.2 Å². The molecule has 4 heteroatoms. The lowest BCUT2D eigenvalue weighted by atomic mass is 10.1. The minimum absolute atomic E-state index is 0.103. The number of alkyl halides is 3. The van der Waals surface area contributed by atoms with Gasteiger partial charge in [-0.3, -0.25) is 0 Å². The first-order valence-corrected chi connectivity index (χ1v) is 5.42. The van der Waals surface area contributed by atoms with Crippen molar-refractivity contribution < 1.29 is 17.9 Å². The smallest absolute Gasteiger partial charge is 0.425 e. The van der Waals surface area contributed by atoms with Crippen molar-refractivity contribution in [3.63, 3.8) is 0 Å². The van der Waals surface area contributed by atoms with Crippen LogP contribution in [0, 0.1) is 5.92 Å². The van der Waals surface area contributed by atoms with Gasteiger partial charge in [0.15, 0.2) is 6.10 Å². The second-order valence-electron chi connectivity index (χ2n) is 4.14. The molecule has 0 bridgehead atoms. The van der Waals surface area contributed by atoms with Gasteiger partial charge in [0.05, 0.1) is 5.76 Å². The SMILES string of the molecule is C=C/C(C)=C\C=C(\O[C@H](C)C(F)(F)F)C(C)C. The summed E-state index contributed by atoms with van der Waals surface area (Å²) in [6, 6.07) is 0. The van der Waals surface area contributed by atoms with Crippen LogP contribution in [0.25, 0.3) is 0 Å². The largest absolute Gasteiger partial charge is 0.485 e. The molecule has 0 fully saturated rings. The summed E-state index contributed by atoms with van der Waals surface area (Å²) in [5.41, 5.74) is 0.867. The Hall–Kier alpha value is -1.19. The van der Waals surface area contributed by atoms with E-state index < -0.39 is 12.3 Å². The van der Waals surface area contributed by atoms with Crippen LogP contribution in [0.1, 0.15) is 27.7 Å². The third-order valence-corrected chi connectivity index (χ3v) is 2.18. The molecule has 17 heavy (non-hydrogen) atoms. The fraction of sp³-hybridized carbons (Fsp3) is 0.538. The molecule has 0 radical (unpaired) electrons. The van der Waals surface area contributed by atoms with Crippen molar-refractivity contribution in [3.05, 3.63) is 36.1 Å². The topological polar surface area (TPSA) is 9.23 Å². The maximum absolute atomic E-state index is 12.4. The highest BCUT2D eigenvalue weighted by molar-refractivity contribution is 5.21. The summed E-state index contributed by atoms with van der Waals surface area (Å²) in [5, 5.41) is 0. The molecule has 0 aliphatic carbocycles. The van der Waals surface area contributed by atoms with Gasteiger partial charge in [0.25, 0.3) is 0 Å². The van der Waals surface area contributed by atoms with E-state index in [4.69, 9.17) is 4.74 Å². The van der Waals surface area contributed by atoms with Crippen molar-refractivity contribution in [3.8, 4) is 0 Å². The second-order valence-corrected chi connectivity index (χ2v) is 4.14. The van der Waals surface area contributed by atoms with Crippen molar-refractivity contribution in [2.45, 2.75) is 40.0 Å². The molecule has 0 aromatic carbocycles. The van der Waals surface area contributed by atoms with Crippen LogP contribution in [0.2, 0.25) is 0 Å². The van der Waals surface area contributed by atoms with Crippen LogP contribution in [0.5, 0.6) is 0 Å². The fourth-order valence-corrected chi connectivity index (χ4v) is 0.920. The lowest BCUT2D eigenvalue weighted by Crippen LogP contribution is -2.29. The molecule has 0 unspecified atom stereocenters. The summed E-state index contributed by atoms with van der Waals surface area (Å²) in [6.45, 7) is 9.95. The molecule has 1 atom stereocenters. The van der Waals surface area contributed by atoms with Crippen LogP contribution in [0.4, 0.5) is 13.2 Å². The van der Waals surface area contributed by atoms with Gasteiger partial charge in [-0.25, -0.2) is 0 Å². The number of allylic oxidation sites excluding steroid dienone is 5.